The van der Waals surface area contributed by atoms with Gasteiger partial charge in [-0.1, -0.05) is 36.4 Å². The molecule has 0 amide bonds. The van der Waals surface area contributed by atoms with Gasteiger partial charge in [-0.15, -0.1) is 5.10 Å². The van der Waals surface area contributed by atoms with Crippen molar-refractivity contribution in [3.63, 3.8) is 0 Å². The smallest absolute Gasteiger partial charge is 0.249 e. The lowest BCUT2D eigenvalue weighted by atomic mass is 10.2. The molecule has 0 radical (unpaired) electrons. The average molecular weight is 382 g/mol. The molecule has 1 aliphatic heterocycles. The number of benzene rings is 2. The van der Waals surface area contributed by atoms with Crippen LogP contribution in [0.15, 0.2) is 54.7 Å². The Morgan fingerprint density at radius 1 is 0.893 bits per heavy atom. The molecule has 4 rings (SSSR count). The highest BCUT2D eigenvalue weighted by Gasteiger charge is 2.19. The van der Waals surface area contributed by atoms with Crippen molar-refractivity contribution in [1.29, 1.82) is 0 Å². The van der Waals surface area contributed by atoms with Crippen LogP contribution in [0.25, 0.3) is 0 Å². The molecule has 8 heteroatoms. The number of aromatic nitrogens is 3. The van der Waals surface area contributed by atoms with Crippen molar-refractivity contribution in [2.45, 2.75) is 6.54 Å². The summed E-state index contributed by atoms with van der Waals surface area (Å²) in [6.45, 7) is 4.28. The summed E-state index contributed by atoms with van der Waals surface area (Å²) < 4.78 is 27.6. The van der Waals surface area contributed by atoms with Crippen LogP contribution >= 0.6 is 0 Å². The quantitative estimate of drug-likeness (QED) is 0.731. The van der Waals surface area contributed by atoms with E-state index < -0.39 is 11.6 Å². The first-order chi connectivity index (χ1) is 13.7. The lowest BCUT2D eigenvalue weighted by Gasteiger charge is -2.35. The first kappa shape index (κ1) is 18.2. The van der Waals surface area contributed by atoms with Gasteiger partial charge in [0.2, 0.25) is 5.95 Å². The van der Waals surface area contributed by atoms with Crippen molar-refractivity contribution >= 4 is 17.5 Å². The molecule has 144 valence electrons. The lowest BCUT2D eigenvalue weighted by Crippen LogP contribution is -2.46. The highest BCUT2D eigenvalue weighted by atomic mass is 19.1. The topological polar surface area (TPSA) is 57.2 Å². The maximum Gasteiger partial charge on any atom is 0.249 e. The second kappa shape index (κ2) is 8.26. The maximum absolute atomic E-state index is 13.8. The van der Waals surface area contributed by atoms with Crippen LogP contribution in [0.4, 0.5) is 26.2 Å². The van der Waals surface area contributed by atoms with Crippen molar-refractivity contribution in [2.24, 2.45) is 0 Å². The van der Waals surface area contributed by atoms with Crippen LogP contribution in [0.1, 0.15) is 5.56 Å². The standard InChI is InChI=1S/C20H20F2N6/c21-16-7-4-8-17(22)19(16)25-20-24-18(13-23-26-20)28-11-9-27(10-12-28)14-15-5-2-1-3-6-15/h1-8,13H,9-12,14H2,(H,24,25,26). The van der Waals surface area contributed by atoms with Crippen molar-refractivity contribution in [3.8, 4) is 0 Å². The Kier molecular flexibility index (Phi) is 5.38. The fourth-order valence-corrected chi connectivity index (χ4v) is 3.21. The zero-order chi connectivity index (χ0) is 19.3. The molecule has 0 spiro atoms. The summed E-state index contributed by atoms with van der Waals surface area (Å²) in [6, 6.07) is 14.0. The molecule has 0 bridgehead atoms. The van der Waals surface area contributed by atoms with Crippen molar-refractivity contribution in [3.05, 3.63) is 71.9 Å². The number of rotatable bonds is 5. The van der Waals surface area contributed by atoms with Crippen LogP contribution in [0, 0.1) is 11.6 Å². The number of anilines is 3. The SMILES string of the molecule is Fc1cccc(F)c1Nc1nncc(N2CCN(Cc3ccccc3)CC2)n1. The van der Waals surface area contributed by atoms with Crippen molar-refractivity contribution in [1.82, 2.24) is 20.1 Å². The largest absolute Gasteiger partial charge is 0.353 e. The normalized spacial score (nSPS) is 14.9. The fraction of sp³-hybridized carbons (Fsp3) is 0.250. The molecule has 1 fully saturated rings. The van der Waals surface area contributed by atoms with E-state index in [2.05, 4.69) is 42.4 Å². The summed E-state index contributed by atoms with van der Waals surface area (Å²) in [4.78, 5) is 8.85. The zero-order valence-electron chi connectivity index (χ0n) is 15.2. The van der Waals surface area contributed by atoms with Crippen molar-refractivity contribution < 1.29 is 8.78 Å². The van der Waals surface area contributed by atoms with Crippen LogP contribution in [0.3, 0.4) is 0 Å². The van der Waals surface area contributed by atoms with Crippen LogP contribution in [-0.4, -0.2) is 46.3 Å². The Morgan fingerprint density at radius 3 is 2.32 bits per heavy atom. The van der Waals surface area contributed by atoms with Crippen LogP contribution in [0.2, 0.25) is 0 Å². The molecule has 6 nitrogen and oxygen atoms in total. The van der Waals surface area contributed by atoms with Gasteiger partial charge in [0.15, 0.2) is 5.82 Å². The van der Waals surface area contributed by atoms with E-state index in [9.17, 15) is 8.78 Å². The number of nitrogens with zero attached hydrogens (tertiary/aromatic N) is 5. The van der Waals surface area contributed by atoms with Crippen LogP contribution in [-0.2, 0) is 6.54 Å². The Balaban J connectivity index is 1.40. The van der Waals surface area contributed by atoms with Gasteiger partial charge in [-0.2, -0.15) is 10.1 Å². The number of nitrogens with one attached hydrogen (secondary N) is 1. The molecule has 2 heterocycles. The molecule has 0 atom stereocenters. The fourth-order valence-electron chi connectivity index (χ4n) is 3.21. The van der Waals surface area contributed by atoms with Crippen LogP contribution < -0.4 is 10.2 Å². The monoisotopic (exact) mass is 382 g/mol. The third-order valence-electron chi connectivity index (χ3n) is 4.69. The molecule has 1 saturated heterocycles. The predicted octanol–water partition coefficient (Wildman–Crippen LogP) is 3.22. The van der Waals surface area contributed by atoms with Crippen LogP contribution in [0.5, 0.6) is 0 Å². The Hall–Kier alpha value is -3.13. The Labute approximate surface area is 161 Å². The summed E-state index contributed by atoms with van der Waals surface area (Å²) in [5.74, 6) is -0.714. The first-order valence-corrected chi connectivity index (χ1v) is 9.11. The molecule has 0 aliphatic carbocycles. The highest BCUT2D eigenvalue weighted by molar-refractivity contribution is 5.56. The van der Waals surface area contributed by atoms with E-state index in [0.29, 0.717) is 5.82 Å². The lowest BCUT2D eigenvalue weighted by molar-refractivity contribution is 0.249. The Bertz CT molecular complexity index is 909. The summed E-state index contributed by atoms with van der Waals surface area (Å²) >= 11 is 0. The molecular formula is C20H20F2N6. The molecule has 3 aromatic rings. The molecule has 2 aromatic carbocycles. The second-order valence-electron chi connectivity index (χ2n) is 6.61. The van der Waals surface area contributed by atoms with E-state index in [1.54, 1.807) is 6.20 Å². The molecule has 0 unspecified atom stereocenters. The zero-order valence-corrected chi connectivity index (χ0v) is 15.2. The molecule has 0 saturated carbocycles. The van der Waals surface area contributed by atoms with E-state index in [0.717, 1.165) is 32.7 Å². The van der Waals surface area contributed by atoms with Crippen molar-refractivity contribution in [2.75, 3.05) is 36.4 Å². The molecule has 28 heavy (non-hydrogen) atoms. The third-order valence-corrected chi connectivity index (χ3v) is 4.69. The van der Waals surface area contributed by atoms with E-state index in [1.807, 2.05) is 18.2 Å². The number of hydrogen-bond donors (Lipinski definition) is 1. The average Bonchev–Trinajstić information content (AvgIpc) is 2.72. The minimum absolute atomic E-state index is 0.0632. The molecule has 1 N–H and O–H groups in total. The van der Waals surface area contributed by atoms with E-state index in [1.165, 1.54) is 23.8 Å². The second-order valence-corrected chi connectivity index (χ2v) is 6.61. The summed E-state index contributed by atoms with van der Waals surface area (Å²) in [7, 11) is 0. The highest BCUT2D eigenvalue weighted by Crippen LogP contribution is 2.22. The van der Waals surface area contributed by atoms with E-state index in [4.69, 9.17) is 0 Å². The number of halogens is 2. The van der Waals surface area contributed by atoms with Gasteiger partial charge in [-0.3, -0.25) is 4.90 Å². The summed E-state index contributed by atoms with van der Waals surface area (Å²) in [5.41, 5.74) is 1.01. The van der Waals surface area contributed by atoms with Gasteiger partial charge < -0.3 is 10.2 Å². The first-order valence-electron chi connectivity index (χ1n) is 9.11. The molecule has 1 aliphatic rings. The van der Waals surface area contributed by atoms with Gasteiger partial charge in [-0.05, 0) is 17.7 Å². The van der Waals surface area contributed by atoms with Gasteiger partial charge in [-0.25, -0.2) is 8.78 Å². The minimum atomic E-state index is -0.705. The van der Waals surface area contributed by atoms with E-state index >= 15 is 0 Å². The van der Waals surface area contributed by atoms with E-state index in [-0.39, 0.29) is 11.6 Å². The molecule has 1 aromatic heterocycles. The minimum Gasteiger partial charge on any atom is -0.353 e. The maximum atomic E-state index is 13.8. The number of para-hydroxylation sites is 1. The van der Waals surface area contributed by atoms with Gasteiger partial charge in [0.05, 0.1) is 6.20 Å². The van der Waals surface area contributed by atoms with Gasteiger partial charge in [0.1, 0.15) is 17.3 Å². The number of piperazine rings is 1. The summed E-state index contributed by atoms with van der Waals surface area (Å²) in [6.07, 6.45) is 1.57. The predicted molar refractivity (Wildman–Crippen MR) is 103 cm³/mol. The Morgan fingerprint density at radius 2 is 1.61 bits per heavy atom. The summed E-state index contributed by atoms with van der Waals surface area (Å²) in [5, 5.41) is 10.4. The third kappa shape index (κ3) is 4.23. The van der Waals surface area contributed by atoms with Gasteiger partial charge in [0.25, 0.3) is 0 Å². The number of hydrogen-bond acceptors (Lipinski definition) is 6. The van der Waals surface area contributed by atoms with Gasteiger partial charge >= 0.3 is 0 Å². The molecular weight excluding hydrogens is 362 g/mol. The van der Waals surface area contributed by atoms with Gasteiger partial charge in [0, 0.05) is 32.7 Å².